The van der Waals surface area contributed by atoms with Gasteiger partial charge in [0.05, 0.1) is 11.9 Å². The van der Waals surface area contributed by atoms with Crippen LogP contribution in [0.15, 0.2) is 59.7 Å². The van der Waals surface area contributed by atoms with E-state index in [1.165, 1.54) is 11.0 Å². The molecule has 140 valence electrons. The molecule has 3 aromatic heterocycles. The van der Waals surface area contributed by atoms with Crippen LogP contribution in [-0.2, 0) is 11.2 Å². The molecule has 3 heterocycles. The fourth-order valence-corrected chi connectivity index (χ4v) is 2.53. The Kier molecular flexibility index (Phi) is 4.87. The van der Waals surface area contributed by atoms with Crippen LogP contribution in [0.25, 0.3) is 17.3 Å². The molecule has 0 aliphatic carbocycles. The van der Waals surface area contributed by atoms with Crippen LogP contribution in [0, 0.1) is 6.92 Å². The number of hydrogen-bond acceptors (Lipinski definition) is 7. The summed E-state index contributed by atoms with van der Waals surface area (Å²) < 4.78 is 7.17. The van der Waals surface area contributed by atoms with E-state index in [1.54, 1.807) is 24.7 Å². The molecular weight excluding hydrogens is 358 g/mol. The average molecular weight is 375 g/mol. The predicted molar refractivity (Wildman–Crippen MR) is 101 cm³/mol. The number of carbonyl (C=O) groups is 1. The highest BCUT2D eigenvalue weighted by Gasteiger charge is 2.11. The molecule has 9 heteroatoms. The van der Waals surface area contributed by atoms with Crippen LogP contribution in [0.2, 0.25) is 0 Å². The molecule has 4 aromatic rings. The van der Waals surface area contributed by atoms with Crippen molar-refractivity contribution < 1.29 is 9.21 Å². The number of nitrogens with zero attached hydrogens (tertiary/aromatic N) is 6. The van der Waals surface area contributed by atoms with Gasteiger partial charge in [0.2, 0.25) is 17.7 Å². The van der Waals surface area contributed by atoms with Gasteiger partial charge in [0.1, 0.15) is 12.7 Å². The lowest BCUT2D eigenvalue weighted by atomic mass is 10.1. The second-order valence-electron chi connectivity index (χ2n) is 6.16. The van der Waals surface area contributed by atoms with E-state index in [9.17, 15) is 4.79 Å². The molecule has 0 aliphatic rings. The van der Waals surface area contributed by atoms with Gasteiger partial charge >= 0.3 is 0 Å². The van der Waals surface area contributed by atoms with Crippen molar-refractivity contribution in [1.29, 1.82) is 0 Å². The first-order chi connectivity index (χ1) is 13.7. The maximum absolute atomic E-state index is 12.2. The lowest BCUT2D eigenvalue weighted by Gasteiger charge is -2.05. The molecule has 0 saturated carbocycles. The van der Waals surface area contributed by atoms with E-state index in [0.717, 1.165) is 11.1 Å². The summed E-state index contributed by atoms with van der Waals surface area (Å²) in [4.78, 5) is 20.3. The van der Waals surface area contributed by atoms with E-state index >= 15 is 0 Å². The number of nitrogens with one attached hydrogen (secondary N) is 1. The Morgan fingerprint density at radius 2 is 2.00 bits per heavy atom. The maximum Gasteiger partial charge on any atom is 0.247 e. The predicted octanol–water partition coefficient (Wildman–Crippen LogP) is 2.59. The standard InChI is InChI=1S/C19H17N7O2/c1-13-2-4-14(5-3-13)19-25-24-18(28-19)9-8-17(27)23-15-6-7-16(21-10-15)26-12-20-11-22-26/h2-7,10-12H,8-9H2,1H3,(H,23,27). The quantitative estimate of drug-likeness (QED) is 0.551. The van der Waals surface area contributed by atoms with Crippen molar-refractivity contribution in [1.82, 2.24) is 29.9 Å². The summed E-state index contributed by atoms with van der Waals surface area (Å²) in [6.45, 7) is 2.01. The Hall–Kier alpha value is -3.88. The smallest absolute Gasteiger partial charge is 0.247 e. The Bertz CT molecular complexity index is 1050. The Morgan fingerprint density at radius 1 is 1.14 bits per heavy atom. The zero-order valence-electron chi connectivity index (χ0n) is 15.1. The first kappa shape index (κ1) is 17.5. The zero-order valence-corrected chi connectivity index (χ0v) is 15.1. The van der Waals surface area contributed by atoms with E-state index in [1.807, 2.05) is 31.2 Å². The Balaban J connectivity index is 1.31. The first-order valence-corrected chi connectivity index (χ1v) is 8.68. The van der Waals surface area contributed by atoms with E-state index in [4.69, 9.17) is 4.42 Å². The first-order valence-electron chi connectivity index (χ1n) is 8.68. The Labute approximate surface area is 160 Å². The number of hydrogen-bond donors (Lipinski definition) is 1. The van der Waals surface area contributed by atoms with E-state index in [2.05, 4.69) is 30.6 Å². The van der Waals surface area contributed by atoms with Crippen LogP contribution in [-0.4, -0.2) is 35.9 Å². The van der Waals surface area contributed by atoms with E-state index in [0.29, 0.717) is 29.7 Å². The van der Waals surface area contributed by atoms with Crippen LogP contribution in [0.5, 0.6) is 0 Å². The van der Waals surface area contributed by atoms with Crippen molar-refractivity contribution >= 4 is 11.6 Å². The summed E-state index contributed by atoms with van der Waals surface area (Å²) in [5, 5.41) is 14.8. The summed E-state index contributed by atoms with van der Waals surface area (Å²) in [5.41, 5.74) is 2.61. The fraction of sp³-hybridized carbons (Fsp3) is 0.158. The number of amides is 1. The van der Waals surface area contributed by atoms with E-state index < -0.39 is 0 Å². The van der Waals surface area contributed by atoms with Gasteiger partial charge in [-0.15, -0.1) is 10.2 Å². The van der Waals surface area contributed by atoms with Crippen LogP contribution in [0.4, 0.5) is 5.69 Å². The minimum Gasteiger partial charge on any atom is -0.421 e. The molecule has 1 N–H and O–H groups in total. The van der Waals surface area contributed by atoms with Crippen LogP contribution < -0.4 is 5.32 Å². The molecule has 0 radical (unpaired) electrons. The summed E-state index contributed by atoms with van der Waals surface area (Å²) >= 11 is 0. The molecular formula is C19H17N7O2. The minimum absolute atomic E-state index is 0.162. The lowest BCUT2D eigenvalue weighted by molar-refractivity contribution is -0.116. The SMILES string of the molecule is Cc1ccc(-c2nnc(CCC(=O)Nc3ccc(-n4cncn4)nc3)o2)cc1. The van der Waals surface area contributed by atoms with Crippen molar-refractivity contribution in [3.8, 4) is 17.3 Å². The largest absolute Gasteiger partial charge is 0.421 e. The van der Waals surface area contributed by atoms with Crippen molar-refractivity contribution in [2.24, 2.45) is 0 Å². The topological polar surface area (TPSA) is 112 Å². The third-order valence-corrected chi connectivity index (χ3v) is 4.02. The van der Waals surface area contributed by atoms with Crippen molar-refractivity contribution in [2.45, 2.75) is 19.8 Å². The molecule has 0 spiro atoms. The molecule has 0 unspecified atom stereocenters. The highest BCUT2D eigenvalue weighted by Crippen LogP contribution is 2.19. The van der Waals surface area contributed by atoms with Crippen LogP contribution in [0.1, 0.15) is 17.9 Å². The van der Waals surface area contributed by atoms with Crippen LogP contribution >= 0.6 is 0 Å². The molecule has 9 nitrogen and oxygen atoms in total. The zero-order chi connectivity index (χ0) is 19.3. The van der Waals surface area contributed by atoms with Crippen LogP contribution in [0.3, 0.4) is 0 Å². The minimum atomic E-state index is -0.162. The van der Waals surface area contributed by atoms with E-state index in [-0.39, 0.29) is 12.3 Å². The van der Waals surface area contributed by atoms with Gasteiger partial charge in [0.25, 0.3) is 0 Å². The number of pyridine rings is 1. The second-order valence-corrected chi connectivity index (χ2v) is 6.16. The van der Waals surface area contributed by atoms with Gasteiger partial charge in [-0.05, 0) is 31.2 Å². The molecule has 1 aromatic carbocycles. The number of rotatable bonds is 6. The van der Waals surface area contributed by atoms with Gasteiger partial charge in [-0.2, -0.15) is 5.10 Å². The molecule has 0 saturated heterocycles. The average Bonchev–Trinajstić information content (AvgIpc) is 3.40. The highest BCUT2D eigenvalue weighted by atomic mass is 16.4. The summed E-state index contributed by atoms with van der Waals surface area (Å²) in [6, 6.07) is 11.3. The number of aryl methyl sites for hydroxylation is 2. The molecule has 0 atom stereocenters. The molecule has 0 fully saturated rings. The normalized spacial score (nSPS) is 10.8. The van der Waals surface area contributed by atoms with Gasteiger partial charge in [0.15, 0.2) is 5.82 Å². The van der Waals surface area contributed by atoms with Gasteiger partial charge in [-0.3, -0.25) is 4.79 Å². The maximum atomic E-state index is 12.2. The summed E-state index contributed by atoms with van der Waals surface area (Å²) in [6.07, 6.45) is 5.13. The number of anilines is 1. The highest BCUT2D eigenvalue weighted by molar-refractivity contribution is 5.90. The second kappa shape index (κ2) is 7.78. The molecule has 4 rings (SSSR count). The third-order valence-electron chi connectivity index (χ3n) is 4.02. The number of carbonyl (C=O) groups excluding carboxylic acids is 1. The fourth-order valence-electron chi connectivity index (χ4n) is 2.53. The molecule has 28 heavy (non-hydrogen) atoms. The van der Waals surface area contributed by atoms with Gasteiger partial charge < -0.3 is 9.73 Å². The summed E-state index contributed by atoms with van der Waals surface area (Å²) in [5.74, 6) is 1.32. The lowest BCUT2D eigenvalue weighted by Crippen LogP contribution is -2.13. The molecule has 1 amide bonds. The van der Waals surface area contributed by atoms with Crippen molar-refractivity contribution in [2.75, 3.05) is 5.32 Å². The van der Waals surface area contributed by atoms with Crippen molar-refractivity contribution in [3.05, 3.63) is 66.7 Å². The summed E-state index contributed by atoms with van der Waals surface area (Å²) in [7, 11) is 0. The van der Waals surface area contributed by atoms with Gasteiger partial charge in [0, 0.05) is 18.4 Å². The number of aromatic nitrogens is 6. The third kappa shape index (κ3) is 4.09. The van der Waals surface area contributed by atoms with Crippen molar-refractivity contribution in [3.63, 3.8) is 0 Å². The monoisotopic (exact) mass is 375 g/mol. The molecule has 0 aliphatic heterocycles. The molecule has 0 bridgehead atoms. The van der Waals surface area contributed by atoms with Gasteiger partial charge in [-0.25, -0.2) is 14.6 Å². The Morgan fingerprint density at radius 3 is 2.71 bits per heavy atom. The number of benzene rings is 1. The van der Waals surface area contributed by atoms with Gasteiger partial charge in [-0.1, -0.05) is 17.7 Å².